The zero-order valence-electron chi connectivity index (χ0n) is 21.4. The third kappa shape index (κ3) is 5.22. The van der Waals surface area contributed by atoms with Crippen LogP contribution in [0.5, 0.6) is 11.5 Å². The van der Waals surface area contributed by atoms with Crippen LogP contribution < -0.4 is 0 Å². The van der Waals surface area contributed by atoms with Crippen LogP contribution in [0, 0.1) is 0 Å². The summed E-state index contributed by atoms with van der Waals surface area (Å²) in [6, 6.07) is 13.2. The van der Waals surface area contributed by atoms with Crippen molar-refractivity contribution in [3.8, 4) is 11.5 Å². The molecule has 2 aromatic carbocycles. The lowest BCUT2D eigenvalue weighted by molar-refractivity contribution is 0.196. The summed E-state index contributed by atoms with van der Waals surface area (Å²) in [6.45, 7) is 15.7. The van der Waals surface area contributed by atoms with Crippen LogP contribution in [0.15, 0.2) is 36.4 Å². The van der Waals surface area contributed by atoms with Gasteiger partial charge in [0.1, 0.15) is 11.5 Å². The summed E-state index contributed by atoms with van der Waals surface area (Å²) in [5.41, 5.74) is 4.67. The number of hydrogen-bond acceptors (Lipinski definition) is 4. The molecule has 4 rings (SSSR count). The summed E-state index contributed by atoms with van der Waals surface area (Å²) in [5, 5.41) is 21.3. The maximum atomic E-state index is 10.6. The molecule has 33 heavy (non-hydrogen) atoms. The molecule has 0 spiro atoms. The highest BCUT2D eigenvalue weighted by atomic mass is 16.3. The number of nitrogens with zero attached hydrogens (tertiary/aromatic N) is 2. The molecule has 1 heterocycles. The molecular formula is C29H42N2O2. The van der Waals surface area contributed by atoms with E-state index in [1.54, 1.807) is 0 Å². The van der Waals surface area contributed by atoms with Crippen molar-refractivity contribution in [2.75, 3.05) is 6.67 Å². The fraction of sp³-hybridized carbons (Fsp3) is 0.586. The van der Waals surface area contributed by atoms with Gasteiger partial charge in [-0.05, 0) is 46.9 Å². The monoisotopic (exact) mass is 450 g/mol. The average molecular weight is 451 g/mol. The lowest BCUT2D eigenvalue weighted by Crippen LogP contribution is -2.39. The van der Waals surface area contributed by atoms with E-state index in [0.717, 1.165) is 30.9 Å². The molecule has 4 nitrogen and oxygen atoms in total. The van der Waals surface area contributed by atoms with Crippen LogP contribution >= 0.6 is 0 Å². The standard InChI is InChI=1S/C29H42N2O2/c1-28(2,3)22-11-13-26(32)20(15-22)17-30-19-31(25-10-8-7-9-24(25)30)18-21-16-23(29(4,5)6)12-14-27(21)33/h11-16,24-25,32-33H,7-10,17-19H2,1-6H3/t24-,25-/m0/s1. The van der Waals surface area contributed by atoms with E-state index >= 15 is 0 Å². The quantitative estimate of drug-likeness (QED) is 0.575. The molecule has 1 saturated carbocycles. The largest absolute Gasteiger partial charge is 0.508 e. The molecule has 2 N–H and O–H groups in total. The first-order chi connectivity index (χ1) is 15.4. The van der Waals surface area contributed by atoms with Gasteiger partial charge in [-0.3, -0.25) is 9.80 Å². The predicted octanol–water partition coefficient (Wildman–Crippen LogP) is 6.28. The lowest BCUT2D eigenvalue weighted by Gasteiger charge is -2.33. The van der Waals surface area contributed by atoms with Gasteiger partial charge in [0.25, 0.3) is 0 Å². The summed E-state index contributed by atoms with van der Waals surface area (Å²) in [6.07, 6.45) is 4.94. The first-order valence-corrected chi connectivity index (χ1v) is 12.6. The Labute approximate surface area is 200 Å². The summed E-state index contributed by atoms with van der Waals surface area (Å²) in [5.74, 6) is 0.786. The molecule has 0 bridgehead atoms. The number of benzene rings is 2. The van der Waals surface area contributed by atoms with E-state index in [1.165, 1.54) is 36.8 Å². The zero-order valence-corrected chi connectivity index (χ0v) is 21.4. The van der Waals surface area contributed by atoms with Gasteiger partial charge < -0.3 is 10.2 Å². The summed E-state index contributed by atoms with van der Waals surface area (Å²) < 4.78 is 0. The van der Waals surface area contributed by atoms with Gasteiger partial charge in [-0.25, -0.2) is 0 Å². The fourth-order valence-electron chi connectivity index (χ4n) is 5.52. The van der Waals surface area contributed by atoms with E-state index in [-0.39, 0.29) is 10.8 Å². The Hall–Kier alpha value is -2.04. The maximum absolute atomic E-state index is 10.6. The summed E-state index contributed by atoms with van der Waals surface area (Å²) >= 11 is 0. The number of hydrogen-bond donors (Lipinski definition) is 2. The van der Waals surface area contributed by atoms with Crippen molar-refractivity contribution in [1.29, 1.82) is 0 Å². The van der Waals surface area contributed by atoms with Crippen LogP contribution in [0.3, 0.4) is 0 Å². The van der Waals surface area contributed by atoms with E-state index in [1.807, 2.05) is 24.3 Å². The number of phenols is 2. The zero-order chi connectivity index (χ0) is 24.0. The molecule has 180 valence electrons. The number of aromatic hydroxyl groups is 2. The molecule has 1 saturated heterocycles. The Bertz CT molecular complexity index is 907. The van der Waals surface area contributed by atoms with Gasteiger partial charge in [-0.1, -0.05) is 78.6 Å². The molecule has 1 aliphatic carbocycles. The second kappa shape index (κ2) is 8.96. The van der Waals surface area contributed by atoms with E-state index < -0.39 is 0 Å². The molecule has 2 aromatic rings. The molecule has 2 fully saturated rings. The minimum atomic E-state index is 0.0580. The highest BCUT2D eigenvalue weighted by molar-refractivity contribution is 5.40. The predicted molar refractivity (Wildman–Crippen MR) is 136 cm³/mol. The van der Waals surface area contributed by atoms with Crippen molar-refractivity contribution in [1.82, 2.24) is 9.80 Å². The SMILES string of the molecule is CC(C)(C)c1ccc(O)c(CN2CN(Cc3cc(C(C)(C)C)ccc3O)[C@H]3CCCC[C@@H]32)c1. The molecule has 4 heteroatoms. The number of phenolic OH excluding ortho intramolecular Hbond substituents is 2. The van der Waals surface area contributed by atoms with Crippen molar-refractivity contribution in [2.45, 2.75) is 103 Å². The van der Waals surface area contributed by atoms with Crippen molar-refractivity contribution < 1.29 is 10.2 Å². The number of fused-ring (bicyclic) bond motifs is 1. The van der Waals surface area contributed by atoms with E-state index in [0.29, 0.717) is 23.6 Å². The highest BCUT2D eigenvalue weighted by Gasteiger charge is 2.41. The minimum Gasteiger partial charge on any atom is -0.508 e. The lowest BCUT2D eigenvalue weighted by atomic mass is 9.85. The Morgan fingerprint density at radius 1 is 0.697 bits per heavy atom. The Kier molecular flexibility index (Phi) is 6.54. The second-order valence-electron chi connectivity index (χ2n) is 12.2. The van der Waals surface area contributed by atoms with Gasteiger partial charge in [0.05, 0.1) is 6.67 Å². The van der Waals surface area contributed by atoms with Crippen molar-refractivity contribution >= 4 is 0 Å². The molecule has 1 aliphatic heterocycles. The van der Waals surface area contributed by atoms with E-state index in [9.17, 15) is 10.2 Å². The van der Waals surface area contributed by atoms with E-state index in [2.05, 4.69) is 63.5 Å². The first kappa shape index (κ1) is 24.1. The summed E-state index contributed by atoms with van der Waals surface area (Å²) in [4.78, 5) is 5.10. The maximum Gasteiger partial charge on any atom is 0.120 e. The molecule has 0 aromatic heterocycles. The van der Waals surface area contributed by atoms with Crippen molar-refractivity contribution in [2.24, 2.45) is 0 Å². The summed E-state index contributed by atoms with van der Waals surface area (Å²) in [7, 11) is 0. The van der Waals surface area contributed by atoms with Gasteiger partial charge in [-0.2, -0.15) is 0 Å². The van der Waals surface area contributed by atoms with Crippen LogP contribution in [0.25, 0.3) is 0 Å². The number of rotatable bonds is 4. The van der Waals surface area contributed by atoms with Crippen LogP contribution in [0.2, 0.25) is 0 Å². The molecule has 0 amide bonds. The highest BCUT2D eigenvalue weighted by Crippen LogP contribution is 2.38. The van der Waals surface area contributed by atoms with Gasteiger partial charge in [0, 0.05) is 36.3 Å². The van der Waals surface area contributed by atoms with Crippen molar-refractivity contribution in [3.63, 3.8) is 0 Å². The first-order valence-electron chi connectivity index (χ1n) is 12.6. The molecule has 0 unspecified atom stereocenters. The van der Waals surface area contributed by atoms with Gasteiger partial charge >= 0.3 is 0 Å². The Morgan fingerprint density at radius 2 is 1.09 bits per heavy atom. The fourth-order valence-corrected chi connectivity index (χ4v) is 5.52. The molecular weight excluding hydrogens is 408 g/mol. The Morgan fingerprint density at radius 3 is 1.45 bits per heavy atom. The smallest absolute Gasteiger partial charge is 0.120 e. The van der Waals surface area contributed by atoms with E-state index in [4.69, 9.17) is 0 Å². The average Bonchev–Trinajstić information content (AvgIpc) is 3.07. The topological polar surface area (TPSA) is 46.9 Å². The van der Waals surface area contributed by atoms with Crippen LogP contribution in [-0.2, 0) is 23.9 Å². The van der Waals surface area contributed by atoms with Gasteiger partial charge in [0.2, 0.25) is 0 Å². The van der Waals surface area contributed by atoms with Gasteiger partial charge in [-0.15, -0.1) is 0 Å². The van der Waals surface area contributed by atoms with Crippen LogP contribution in [0.4, 0.5) is 0 Å². The molecule has 2 aliphatic rings. The van der Waals surface area contributed by atoms with Crippen LogP contribution in [-0.4, -0.2) is 38.8 Å². The normalized spacial score (nSPS) is 22.5. The third-order valence-electron chi connectivity index (χ3n) is 7.63. The van der Waals surface area contributed by atoms with Crippen molar-refractivity contribution in [3.05, 3.63) is 58.7 Å². The third-order valence-corrected chi connectivity index (χ3v) is 7.63. The van der Waals surface area contributed by atoms with Crippen LogP contribution in [0.1, 0.15) is 89.5 Å². The second-order valence-corrected chi connectivity index (χ2v) is 12.2. The molecule has 0 radical (unpaired) electrons. The van der Waals surface area contributed by atoms with Gasteiger partial charge in [0.15, 0.2) is 0 Å². The minimum absolute atomic E-state index is 0.0580. The molecule has 2 atom stereocenters. The Balaban J connectivity index is 1.57.